The third kappa shape index (κ3) is 5.31. The highest BCUT2D eigenvalue weighted by molar-refractivity contribution is 7.89. The largest absolute Gasteiger partial charge is 0.326 e. The number of anilines is 1. The van der Waals surface area contributed by atoms with E-state index in [1.54, 1.807) is 49.4 Å². The summed E-state index contributed by atoms with van der Waals surface area (Å²) >= 11 is 0. The number of hydrogen-bond donors (Lipinski definition) is 2. The maximum absolute atomic E-state index is 13.8. The van der Waals surface area contributed by atoms with Crippen LogP contribution in [0.15, 0.2) is 77.7 Å². The predicted octanol–water partition coefficient (Wildman–Crippen LogP) is 4.49. The molecule has 0 radical (unpaired) electrons. The average Bonchev–Trinajstić information content (AvgIpc) is 2.72. The molecule has 0 spiro atoms. The Bertz CT molecular complexity index is 1130. The van der Waals surface area contributed by atoms with Crippen molar-refractivity contribution in [3.05, 3.63) is 95.3 Å². The zero-order valence-electron chi connectivity index (χ0n) is 16.7. The Morgan fingerprint density at radius 2 is 1.60 bits per heavy atom. The molecule has 5 nitrogen and oxygen atoms in total. The summed E-state index contributed by atoms with van der Waals surface area (Å²) in [5.41, 5.74) is 2.27. The number of carbonyl (C=O) groups is 1. The van der Waals surface area contributed by atoms with Crippen LogP contribution in [-0.4, -0.2) is 14.3 Å². The van der Waals surface area contributed by atoms with E-state index < -0.39 is 27.8 Å². The van der Waals surface area contributed by atoms with Gasteiger partial charge in [0.25, 0.3) is 0 Å². The molecular weight excluding hydrogens is 403 g/mol. The molecule has 0 aliphatic rings. The highest BCUT2D eigenvalue weighted by atomic mass is 32.2. The lowest BCUT2D eigenvalue weighted by atomic mass is 10.0. The molecular formula is C23H23FN2O3S. The molecule has 1 amide bonds. The molecule has 0 unspecified atom stereocenters. The molecule has 0 saturated heterocycles. The summed E-state index contributed by atoms with van der Waals surface area (Å²) in [5, 5.41) is 2.67. The van der Waals surface area contributed by atoms with Crippen LogP contribution in [0.3, 0.4) is 0 Å². The highest BCUT2D eigenvalue weighted by Gasteiger charge is 2.24. The molecule has 0 saturated carbocycles. The van der Waals surface area contributed by atoms with E-state index in [1.165, 1.54) is 24.3 Å². The summed E-state index contributed by atoms with van der Waals surface area (Å²) in [7, 11) is -3.85. The summed E-state index contributed by atoms with van der Waals surface area (Å²) in [5.74, 6) is -0.850. The van der Waals surface area contributed by atoms with Crippen LogP contribution in [0, 0.1) is 19.7 Å². The summed E-state index contributed by atoms with van der Waals surface area (Å²) in [4.78, 5) is 12.8. The molecule has 30 heavy (non-hydrogen) atoms. The molecule has 3 rings (SSSR count). The van der Waals surface area contributed by atoms with Gasteiger partial charge in [-0.25, -0.2) is 17.5 Å². The fourth-order valence-corrected chi connectivity index (χ4v) is 4.24. The number of sulfonamides is 1. The quantitative estimate of drug-likeness (QED) is 0.584. The van der Waals surface area contributed by atoms with Crippen molar-refractivity contribution < 1.29 is 17.6 Å². The summed E-state index contributed by atoms with van der Waals surface area (Å²) < 4.78 is 42.1. The van der Waals surface area contributed by atoms with Gasteiger partial charge in [0, 0.05) is 17.7 Å². The number of nitrogens with one attached hydrogen (secondary N) is 2. The van der Waals surface area contributed by atoms with Crippen LogP contribution in [0.2, 0.25) is 0 Å². The van der Waals surface area contributed by atoms with Gasteiger partial charge < -0.3 is 5.32 Å². The van der Waals surface area contributed by atoms with Crippen molar-refractivity contribution in [2.45, 2.75) is 31.2 Å². The van der Waals surface area contributed by atoms with Gasteiger partial charge in [0.05, 0.1) is 10.9 Å². The zero-order chi connectivity index (χ0) is 21.7. The summed E-state index contributed by atoms with van der Waals surface area (Å²) in [6.45, 7) is 3.44. The van der Waals surface area contributed by atoms with Crippen molar-refractivity contribution in [2.75, 3.05) is 5.32 Å². The first-order chi connectivity index (χ1) is 14.3. The first-order valence-corrected chi connectivity index (χ1v) is 10.9. The van der Waals surface area contributed by atoms with Crippen LogP contribution in [0.25, 0.3) is 0 Å². The number of halogens is 1. The molecule has 1 atom stereocenters. The Balaban J connectivity index is 1.83. The topological polar surface area (TPSA) is 75.3 Å². The molecule has 7 heteroatoms. The van der Waals surface area contributed by atoms with Gasteiger partial charge in [-0.3, -0.25) is 4.79 Å². The Labute approximate surface area is 176 Å². The Morgan fingerprint density at radius 3 is 2.27 bits per heavy atom. The van der Waals surface area contributed by atoms with Crippen LogP contribution in [0.5, 0.6) is 0 Å². The molecule has 0 bridgehead atoms. The average molecular weight is 427 g/mol. The standard InChI is InChI=1S/C23H23FN2O3S/c1-16-11-13-19(14-12-16)30(28,29)26-22(18-7-4-3-5-8-18)15-23(27)25-21-10-6-9-20(24)17(21)2/h3-14,22,26H,15H2,1-2H3,(H,25,27)/t22-/m1/s1. The molecule has 2 N–H and O–H groups in total. The predicted molar refractivity (Wildman–Crippen MR) is 115 cm³/mol. The van der Waals surface area contributed by atoms with Gasteiger partial charge in [0.1, 0.15) is 5.82 Å². The lowest BCUT2D eigenvalue weighted by Gasteiger charge is -2.19. The molecule has 0 aromatic heterocycles. The van der Waals surface area contributed by atoms with E-state index in [9.17, 15) is 17.6 Å². The first kappa shape index (κ1) is 21.7. The third-order valence-electron chi connectivity index (χ3n) is 4.76. The monoisotopic (exact) mass is 426 g/mol. The van der Waals surface area contributed by atoms with Gasteiger partial charge in [0.2, 0.25) is 15.9 Å². The molecule has 3 aromatic carbocycles. The van der Waals surface area contributed by atoms with Gasteiger partial charge in [-0.15, -0.1) is 0 Å². The minimum Gasteiger partial charge on any atom is -0.326 e. The van der Waals surface area contributed by atoms with Crippen LogP contribution >= 0.6 is 0 Å². The molecule has 0 aliphatic heterocycles. The number of hydrogen-bond acceptors (Lipinski definition) is 3. The van der Waals surface area contributed by atoms with E-state index >= 15 is 0 Å². The number of benzene rings is 3. The molecule has 0 aliphatic carbocycles. The van der Waals surface area contributed by atoms with Crippen molar-refractivity contribution in [2.24, 2.45) is 0 Å². The lowest BCUT2D eigenvalue weighted by Crippen LogP contribution is -2.31. The van der Waals surface area contributed by atoms with Crippen molar-refractivity contribution in [1.29, 1.82) is 0 Å². The minimum atomic E-state index is -3.85. The minimum absolute atomic E-state index is 0.121. The van der Waals surface area contributed by atoms with E-state index in [-0.39, 0.29) is 11.3 Å². The second-order valence-electron chi connectivity index (χ2n) is 7.06. The third-order valence-corrected chi connectivity index (χ3v) is 6.25. The van der Waals surface area contributed by atoms with Crippen LogP contribution in [0.1, 0.15) is 29.2 Å². The van der Waals surface area contributed by atoms with E-state index in [1.807, 2.05) is 13.0 Å². The van der Waals surface area contributed by atoms with Crippen LogP contribution in [-0.2, 0) is 14.8 Å². The Morgan fingerprint density at radius 1 is 0.933 bits per heavy atom. The van der Waals surface area contributed by atoms with Gasteiger partial charge in [-0.05, 0) is 43.7 Å². The zero-order valence-corrected chi connectivity index (χ0v) is 17.5. The second kappa shape index (κ2) is 9.19. The molecule has 3 aromatic rings. The molecule has 0 heterocycles. The smallest absolute Gasteiger partial charge is 0.241 e. The first-order valence-electron chi connectivity index (χ1n) is 9.45. The van der Waals surface area contributed by atoms with Crippen LogP contribution < -0.4 is 10.0 Å². The number of rotatable bonds is 7. The van der Waals surface area contributed by atoms with E-state index in [0.717, 1.165) is 5.56 Å². The van der Waals surface area contributed by atoms with E-state index in [0.29, 0.717) is 16.8 Å². The molecule has 156 valence electrons. The number of aryl methyl sites for hydroxylation is 1. The van der Waals surface area contributed by atoms with E-state index in [2.05, 4.69) is 10.0 Å². The van der Waals surface area contributed by atoms with Crippen molar-refractivity contribution in [3.63, 3.8) is 0 Å². The van der Waals surface area contributed by atoms with Crippen molar-refractivity contribution in [3.8, 4) is 0 Å². The number of amides is 1. The number of carbonyl (C=O) groups excluding carboxylic acids is 1. The van der Waals surface area contributed by atoms with Gasteiger partial charge >= 0.3 is 0 Å². The van der Waals surface area contributed by atoms with Gasteiger partial charge in [-0.1, -0.05) is 54.1 Å². The Kier molecular flexibility index (Phi) is 6.64. The van der Waals surface area contributed by atoms with E-state index in [4.69, 9.17) is 0 Å². The second-order valence-corrected chi connectivity index (χ2v) is 8.78. The van der Waals surface area contributed by atoms with Crippen molar-refractivity contribution in [1.82, 2.24) is 4.72 Å². The normalized spacial score (nSPS) is 12.4. The summed E-state index contributed by atoms with van der Waals surface area (Å²) in [6.07, 6.45) is -0.148. The maximum Gasteiger partial charge on any atom is 0.241 e. The fourth-order valence-electron chi connectivity index (χ4n) is 3.02. The fraction of sp³-hybridized carbons (Fsp3) is 0.174. The van der Waals surface area contributed by atoms with Crippen LogP contribution in [0.4, 0.5) is 10.1 Å². The highest BCUT2D eigenvalue weighted by Crippen LogP contribution is 2.23. The maximum atomic E-state index is 13.8. The Hall–Kier alpha value is -3.03. The summed E-state index contributed by atoms with van der Waals surface area (Å²) in [6, 6.07) is 19.0. The van der Waals surface area contributed by atoms with Gasteiger partial charge in [0.15, 0.2) is 0 Å². The van der Waals surface area contributed by atoms with Crippen molar-refractivity contribution >= 4 is 21.6 Å². The lowest BCUT2D eigenvalue weighted by molar-refractivity contribution is -0.116. The van der Waals surface area contributed by atoms with Gasteiger partial charge in [-0.2, -0.15) is 0 Å². The SMILES string of the molecule is Cc1ccc(S(=O)(=O)N[C@H](CC(=O)Nc2cccc(F)c2C)c2ccccc2)cc1. The molecule has 0 fully saturated rings.